The van der Waals surface area contributed by atoms with Crippen molar-refractivity contribution in [3.8, 4) is 46.0 Å². The standard InChI is InChI=1S/C16H22N4O3.C10H13NO5.C10H15NO3.C7H7NO4.C6H8ClN3.C3H7ClO/c1-11-9-15(17-2)20-16(18-11)19-12-5-6-13(22-4)14(10-12)23-8-7-21-3;1-14-5-6-16-10-7-8(11(12)13)3-4-9(10)15-2;1-12-5-6-14-10-7-8(11)3-4-9(10)13-2;1-12-7-3-2-5(8(10)11)4-6(7)9;1-4-3-5(8-2)10-6(7)9-4;1-5-3-2-4/h5-6,9-10H,7-8H2,1-4H3,(H2,17,18,19,20);3-4,7H,5-6H2,1-2H3;3-4,7H,5-6,11H2,1-2H3;2-4,9H,1H3;3H,1-2H3,(H,8,9,10);2-3H2,1H3. The number of non-ortho nitro benzene ring substituents is 2. The molecule has 2 heterocycles. The van der Waals surface area contributed by atoms with Crippen LogP contribution in [0.4, 0.5) is 40.3 Å². The van der Waals surface area contributed by atoms with Gasteiger partial charge < -0.3 is 78.9 Å². The number of benzene rings is 4. The molecule has 0 saturated carbocycles. The summed E-state index contributed by atoms with van der Waals surface area (Å²) in [7, 11) is 16.1. The molecule has 0 radical (unpaired) electrons. The molecule has 6 N–H and O–H groups in total. The maximum Gasteiger partial charge on any atom is 0.273 e. The Morgan fingerprint density at radius 2 is 0.950 bits per heavy atom. The molecule has 0 unspecified atom stereocenters. The lowest BCUT2D eigenvalue weighted by molar-refractivity contribution is -0.385. The lowest BCUT2D eigenvalue weighted by Gasteiger charge is -2.13. The Labute approximate surface area is 475 Å². The van der Waals surface area contributed by atoms with Gasteiger partial charge in [0.25, 0.3) is 11.4 Å². The molecular formula is C52H72Cl2N10O16. The van der Waals surface area contributed by atoms with E-state index in [0.717, 1.165) is 34.8 Å². The van der Waals surface area contributed by atoms with E-state index in [4.69, 9.17) is 81.4 Å². The van der Waals surface area contributed by atoms with Crippen molar-refractivity contribution in [2.75, 3.05) is 145 Å². The highest BCUT2D eigenvalue weighted by Gasteiger charge is 2.13. The zero-order chi connectivity index (χ0) is 59.8. The predicted molar refractivity (Wildman–Crippen MR) is 307 cm³/mol. The normalized spacial score (nSPS) is 9.78. The summed E-state index contributed by atoms with van der Waals surface area (Å²) in [6.45, 7) is 7.14. The summed E-state index contributed by atoms with van der Waals surface area (Å²) >= 11 is 10.7. The quantitative estimate of drug-likeness (QED) is 0.00941. The molecule has 0 aliphatic carbocycles. The first kappa shape index (κ1) is 69.9. The molecule has 0 aliphatic heterocycles. The first-order valence-electron chi connectivity index (χ1n) is 23.8. The van der Waals surface area contributed by atoms with Gasteiger partial charge in [0.2, 0.25) is 11.2 Å². The van der Waals surface area contributed by atoms with Crippen LogP contribution in [0.25, 0.3) is 0 Å². The number of aromatic nitrogens is 4. The first-order chi connectivity index (χ1) is 38.4. The predicted octanol–water partition coefficient (Wildman–Crippen LogP) is 9.20. The van der Waals surface area contributed by atoms with E-state index in [1.165, 1.54) is 44.6 Å². The van der Waals surface area contributed by atoms with Crippen LogP contribution in [0.2, 0.25) is 5.28 Å². The molecule has 0 atom stereocenters. The molecule has 6 rings (SSSR count). The molecule has 0 saturated heterocycles. The zero-order valence-corrected chi connectivity index (χ0v) is 48.3. The van der Waals surface area contributed by atoms with Gasteiger partial charge in [0.15, 0.2) is 46.0 Å². The van der Waals surface area contributed by atoms with E-state index >= 15 is 0 Å². The van der Waals surface area contributed by atoms with Crippen molar-refractivity contribution in [2.45, 2.75) is 13.8 Å². The number of aryl methyl sites for hydroxylation is 2. The van der Waals surface area contributed by atoms with Crippen LogP contribution >= 0.6 is 23.2 Å². The summed E-state index contributed by atoms with van der Waals surface area (Å²) in [6.07, 6.45) is 0. The highest BCUT2D eigenvalue weighted by Crippen LogP contribution is 2.33. The molecule has 2 aromatic heterocycles. The maximum atomic E-state index is 10.6. The topological polar surface area (TPSA) is 322 Å². The van der Waals surface area contributed by atoms with Crippen LogP contribution in [-0.2, 0) is 18.9 Å². The van der Waals surface area contributed by atoms with E-state index < -0.39 is 9.85 Å². The number of methoxy groups -OCH3 is 8. The van der Waals surface area contributed by atoms with E-state index in [0.29, 0.717) is 98.3 Å². The summed E-state index contributed by atoms with van der Waals surface area (Å²) in [5, 5.41) is 39.2. The zero-order valence-electron chi connectivity index (χ0n) is 46.8. The average molecular weight is 1160 g/mol. The van der Waals surface area contributed by atoms with Crippen molar-refractivity contribution in [1.29, 1.82) is 0 Å². The molecule has 28 heteroatoms. The SMILES string of the molecule is CNc1cc(C)nc(Cl)n1.CNc1cc(C)nc(Nc2ccc(OC)c(OCCOC)c2)n1.COCCCl.COCCOc1cc(N)ccc1OC.COCCOc1cc([N+](=O)[O-])ccc1OC.COc1ccc([N+](=O)[O-])cc1O. The smallest absolute Gasteiger partial charge is 0.273 e. The number of aromatic hydroxyl groups is 1. The average Bonchev–Trinajstić information content (AvgIpc) is 3.44. The lowest BCUT2D eigenvalue weighted by Crippen LogP contribution is -2.06. The Hall–Kier alpha value is -8.14. The molecule has 26 nitrogen and oxygen atoms in total. The Morgan fingerprint density at radius 1 is 0.525 bits per heavy atom. The van der Waals surface area contributed by atoms with Gasteiger partial charge in [0.1, 0.15) is 31.5 Å². The monoisotopic (exact) mass is 1160 g/mol. The van der Waals surface area contributed by atoms with Crippen molar-refractivity contribution in [1.82, 2.24) is 19.9 Å². The van der Waals surface area contributed by atoms with Crippen LogP contribution in [0.15, 0.2) is 84.9 Å². The van der Waals surface area contributed by atoms with Gasteiger partial charge in [-0.1, -0.05) is 0 Å². The second kappa shape index (κ2) is 41.0. The number of rotatable bonds is 24. The van der Waals surface area contributed by atoms with Crippen LogP contribution in [0.5, 0.6) is 46.0 Å². The minimum atomic E-state index is -0.584. The summed E-state index contributed by atoms with van der Waals surface area (Å²) in [5.74, 6) is 6.02. The third kappa shape index (κ3) is 28.0. The number of hydrogen-bond acceptors (Lipinski definition) is 24. The number of hydrogen-bond donors (Lipinski definition) is 5. The number of anilines is 5. The fourth-order valence-electron chi connectivity index (χ4n) is 5.68. The Kier molecular flexibility index (Phi) is 35.8. The molecule has 0 aliphatic rings. The Bertz CT molecular complexity index is 2710. The number of halogens is 2. The molecular weight excluding hydrogens is 1090 g/mol. The lowest BCUT2D eigenvalue weighted by atomic mass is 10.2. The third-order valence-corrected chi connectivity index (χ3v) is 9.77. The minimum Gasteiger partial charge on any atom is -0.504 e. The van der Waals surface area contributed by atoms with Crippen molar-refractivity contribution >= 4 is 63.5 Å². The molecule has 80 heavy (non-hydrogen) atoms. The summed E-state index contributed by atoms with van der Waals surface area (Å²) in [5.41, 5.74) is 8.63. The van der Waals surface area contributed by atoms with Gasteiger partial charge in [0.05, 0.1) is 76.8 Å². The number of nitrogens with two attached hydrogens (primary N) is 1. The van der Waals surface area contributed by atoms with E-state index in [1.807, 2.05) is 51.2 Å². The van der Waals surface area contributed by atoms with Crippen molar-refractivity contribution in [3.05, 3.63) is 122 Å². The van der Waals surface area contributed by atoms with Crippen LogP contribution < -0.4 is 54.8 Å². The van der Waals surface area contributed by atoms with Crippen LogP contribution in [0.1, 0.15) is 11.4 Å². The summed E-state index contributed by atoms with van der Waals surface area (Å²) in [6, 6.07) is 22.4. The fraction of sp³-hybridized carbons (Fsp3) is 0.385. The van der Waals surface area contributed by atoms with Gasteiger partial charge in [-0.3, -0.25) is 20.2 Å². The molecule has 440 valence electrons. The Balaban J connectivity index is 0.000000502. The maximum absolute atomic E-state index is 10.6. The minimum absolute atomic E-state index is 0.0341. The number of nitrogen functional groups attached to an aromatic ring is 1. The van der Waals surface area contributed by atoms with Crippen LogP contribution in [0, 0.1) is 34.1 Å². The van der Waals surface area contributed by atoms with Crippen LogP contribution in [-0.4, -0.2) is 158 Å². The number of nitrogens with one attached hydrogen (secondary N) is 3. The first-order valence-corrected chi connectivity index (χ1v) is 24.7. The summed E-state index contributed by atoms with van der Waals surface area (Å²) < 4.78 is 55.8. The van der Waals surface area contributed by atoms with Gasteiger partial charge in [-0.05, 0) is 61.8 Å². The second-order valence-electron chi connectivity index (χ2n) is 15.2. The molecule has 4 aromatic carbocycles. The second-order valence-corrected chi connectivity index (χ2v) is 15.9. The molecule has 0 fully saturated rings. The number of phenols is 1. The van der Waals surface area contributed by atoms with E-state index in [9.17, 15) is 20.2 Å². The number of phenolic OH excluding ortho intramolecular Hbond substituents is 1. The van der Waals surface area contributed by atoms with Crippen molar-refractivity contribution in [2.24, 2.45) is 0 Å². The third-order valence-electron chi connectivity index (χ3n) is 9.45. The fourth-order valence-corrected chi connectivity index (χ4v) is 6.06. The van der Waals surface area contributed by atoms with Crippen molar-refractivity contribution < 1.29 is 67.1 Å². The number of nitrogens with zero attached hydrogens (tertiary/aromatic N) is 6. The van der Waals surface area contributed by atoms with Crippen molar-refractivity contribution in [3.63, 3.8) is 0 Å². The number of alkyl halides is 1. The van der Waals surface area contributed by atoms with E-state index in [2.05, 4.69) is 40.6 Å². The highest BCUT2D eigenvalue weighted by atomic mass is 35.5. The van der Waals surface area contributed by atoms with Gasteiger partial charge >= 0.3 is 0 Å². The van der Waals surface area contributed by atoms with E-state index in [-0.39, 0.29) is 28.2 Å². The molecule has 0 spiro atoms. The number of ether oxygens (including phenoxy) is 11. The number of nitro groups is 2. The van der Waals surface area contributed by atoms with Gasteiger partial charge in [-0.25, -0.2) is 15.0 Å². The van der Waals surface area contributed by atoms with E-state index in [1.54, 1.807) is 67.9 Å². The molecule has 6 aromatic rings. The van der Waals surface area contributed by atoms with Gasteiger partial charge in [-0.15, -0.1) is 11.6 Å². The summed E-state index contributed by atoms with van der Waals surface area (Å²) in [4.78, 5) is 36.2. The van der Waals surface area contributed by atoms with Crippen LogP contribution in [0.3, 0.4) is 0 Å². The molecule has 0 amide bonds. The van der Waals surface area contributed by atoms with Gasteiger partial charge in [0, 0.05) is 108 Å². The number of nitro benzene ring substituents is 2. The highest BCUT2D eigenvalue weighted by molar-refractivity contribution is 6.28. The largest absolute Gasteiger partial charge is 0.504 e. The van der Waals surface area contributed by atoms with Gasteiger partial charge in [-0.2, -0.15) is 4.98 Å². The molecule has 0 bridgehead atoms. The Morgan fingerprint density at radius 3 is 1.38 bits per heavy atom.